The Morgan fingerprint density at radius 3 is 2.81 bits per heavy atom. The number of nitrogens with one attached hydrogen (secondary N) is 2. The summed E-state index contributed by atoms with van der Waals surface area (Å²) in [6.07, 6.45) is 2.00. The number of carbonyl (C=O) groups is 1. The highest BCUT2D eigenvalue weighted by Crippen LogP contribution is 2.27. The van der Waals surface area contributed by atoms with Crippen molar-refractivity contribution in [3.8, 4) is 11.5 Å². The number of benzene rings is 2. The number of nitrogens with zero attached hydrogens (tertiary/aromatic N) is 1. The molecule has 0 saturated heterocycles. The zero-order chi connectivity index (χ0) is 19.1. The molecule has 0 aliphatic carbocycles. The minimum atomic E-state index is -0.412. The van der Waals surface area contributed by atoms with Crippen LogP contribution < -0.4 is 15.5 Å². The minimum Gasteiger partial charge on any atom is -0.504 e. The fourth-order valence-electron chi connectivity index (χ4n) is 2.38. The molecular formula is C19H22IN3O3. The lowest BCUT2D eigenvalue weighted by Gasteiger charge is -2.18. The van der Waals surface area contributed by atoms with Crippen LogP contribution in [0.3, 0.4) is 0 Å². The number of hydrogen-bond donors (Lipinski definition) is 3. The van der Waals surface area contributed by atoms with E-state index < -0.39 is 6.04 Å². The summed E-state index contributed by atoms with van der Waals surface area (Å²) in [4.78, 5) is 12.4. The monoisotopic (exact) mass is 467 g/mol. The Balaban J connectivity index is 2.03. The van der Waals surface area contributed by atoms with Crippen LogP contribution in [0.5, 0.6) is 11.5 Å². The van der Waals surface area contributed by atoms with Gasteiger partial charge in [0.2, 0.25) is 0 Å². The first-order valence-corrected chi connectivity index (χ1v) is 9.25. The lowest BCUT2D eigenvalue weighted by Crippen LogP contribution is -2.37. The highest BCUT2D eigenvalue weighted by Gasteiger charge is 2.16. The number of ether oxygens (including phenoxy) is 1. The van der Waals surface area contributed by atoms with E-state index >= 15 is 0 Å². The summed E-state index contributed by atoms with van der Waals surface area (Å²) in [6, 6.07) is 10.7. The number of hydrogen-bond acceptors (Lipinski definition) is 5. The lowest BCUT2D eigenvalue weighted by molar-refractivity contribution is -0.121. The highest BCUT2D eigenvalue weighted by molar-refractivity contribution is 14.1. The Hall–Kier alpha value is -2.29. The van der Waals surface area contributed by atoms with Gasteiger partial charge in [0.25, 0.3) is 5.91 Å². The second-order valence-electron chi connectivity index (χ2n) is 5.70. The molecule has 2 aromatic rings. The summed E-state index contributed by atoms with van der Waals surface area (Å²) < 4.78 is 6.19. The van der Waals surface area contributed by atoms with Gasteiger partial charge in [0.15, 0.2) is 11.5 Å². The van der Waals surface area contributed by atoms with Gasteiger partial charge in [-0.1, -0.05) is 13.0 Å². The summed E-state index contributed by atoms with van der Waals surface area (Å²) in [5, 5.41) is 17.2. The van der Waals surface area contributed by atoms with Gasteiger partial charge in [-0.25, -0.2) is 5.43 Å². The Labute approximate surface area is 166 Å². The molecule has 0 bridgehead atoms. The fraction of sp³-hybridized carbons (Fsp3) is 0.263. The predicted octanol–water partition coefficient (Wildman–Crippen LogP) is 3.65. The Morgan fingerprint density at radius 1 is 1.38 bits per heavy atom. The Bertz CT molecular complexity index is 809. The van der Waals surface area contributed by atoms with Gasteiger partial charge in [0.05, 0.1) is 13.3 Å². The van der Waals surface area contributed by atoms with E-state index in [1.165, 1.54) is 13.3 Å². The second kappa shape index (κ2) is 9.42. The number of anilines is 1. The number of amides is 1. The van der Waals surface area contributed by atoms with E-state index in [4.69, 9.17) is 4.74 Å². The quantitative estimate of drug-likeness (QED) is 0.330. The van der Waals surface area contributed by atoms with Crippen LogP contribution in [0.4, 0.5) is 5.69 Å². The summed E-state index contributed by atoms with van der Waals surface area (Å²) in [6.45, 7) is 3.93. The van der Waals surface area contributed by atoms with Crippen molar-refractivity contribution in [3.05, 3.63) is 51.1 Å². The molecule has 26 heavy (non-hydrogen) atoms. The molecule has 2 aromatic carbocycles. The summed E-state index contributed by atoms with van der Waals surface area (Å²) in [5.74, 6) is 0.0827. The third kappa shape index (κ3) is 5.10. The van der Waals surface area contributed by atoms with Gasteiger partial charge in [-0.2, -0.15) is 5.10 Å². The molecule has 0 aliphatic rings. The maximum atomic E-state index is 12.4. The van der Waals surface area contributed by atoms with Gasteiger partial charge in [-0.3, -0.25) is 4.79 Å². The average Bonchev–Trinajstić information content (AvgIpc) is 2.62. The smallest absolute Gasteiger partial charge is 0.262 e. The molecule has 7 heteroatoms. The molecule has 0 radical (unpaired) electrons. The number of hydrazone groups is 1. The zero-order valence-corrected chi connectivity index (χ0v) is 17.1. The number of aromatic hydroxyl groups is 1. The first kappa shape index (κ1) is 20.0. The molecule has 3 N–H and O–H groups in total. The first-order valence-electron chi connectivity index (χ1n) is 8.17. The van der Waals surface area contributed by atoms with Crippen molar-refractivity contribution in [1.29, 1.82) is 0 Å². The first-order chi connectivity index (χ1) is 12.5. The van der Waals surface area contributed by atoms with Crippen LogP contribution in [0.15, 0.2) is 41.5 Å². The number of rotatable bonds is 7. The number of phenolic OH excluding ortho intramolecular Hbond substituents is 1. The Morgan fingerprint density at radius 2 is 2.15 bits per heavy atom. The van der Waals surface area contributed by atoms with Gasteiger partial charge in [-0.15, -0.1) is 0 Å². The molecule has 0 aliphatic heterocycles. The van der Waals surface area contributed by atoms with Gasteiger partial charge in [0.1, 0.15) is 6.04 Å². The number of carbonyl (C=O) groups excluding carboxylic acids is 1. The number of phenols is 1. The largest absolute Gasteiger partial charge is 0.504 e. The predicted molar refractivity (Wildman–Crippen MR) is 112 cm³/mol. The van der Waals surface area contributed by atoms with Gasteiger partial charge >= 0.3 is 0 Å². The molecule has 138 valence electrons. The van der Waals surface area contributed by atoms with E-state index in [1.807, 2.05) is 26.0 Å². The van der Waals surface area contributed by atoms with Crippen LogP contribution in [0.25, 0.3) is 0 Å². The summed E-state index contributed by atoms with van der Waals surface area (Å²) in [7, 11) is 1.47. The van der Waals surface area contributed by atoms with Crippen molar-refractivity contribution in [2.45, 2.75) is 26.3 Å². The molecule has 2 rings (SSSR count). The maximum Gasteiger partial charge on any atom is 0.262 e. The van der Waals surface area contributed by atoms with Crippen LogP contribution in [-0.4, -0.2) is 30.4 Å². The number of halogens is 1. The molecular weight excluding hydrogens is 445 g/mol. The molecule has 0 aromatic heterocycles. The van der Waals surface area contributed by atoms with Crippen molar-refractivity contribution >= 4 is 40.4 Å². The van der Waals surface area contributed by atoms with E-state index in [1.54, 1.807) is 18.2 Å². The van der Waals surface area contributed by atoms with E-state index in [9.17, 15) is 9.90 Å². The van der Waals surface area contributed by atoms with Crippen LogP contribution in [0.2, 0.25) is 0 Å². The number of methoxy groups -OCH3 is 1. The van der Waals surface area contributed by atoms with Crippen molar-refractivity contribution in [2.75, 3.05) is 12.4 Å². The zero-order valence-electron chi connectivity index (χ0n) is 14.9. The SMILES string of the molecule is CCC(Nc1ccc(I)cc1C)C(=O)NN=Cc1cccc(OC)c1O. The van der Waals surface area contributed by atoms with Crippen LogP contribution in [0.1, 0.15) is 24.5 Å². The number of aryl methyl sites for hydroxylation is 1. The van der Waals surface area contributed by atoms with Crippen LogP contribution in [-0.2, 0) is 4.79 Å². The molecule has 6 nitrogen and oxygen atoms in total. The topological polar surface area (TPSA) is 83.0 Å². The van der Waals surface area contributed by atoms with E-state index in [0.29, 0.717) is 17.7 Å². The molecule has 1 atom stereocenters. The third-order valence-corrected chi connectivity index (χ3v) is 4.54. The van der Waals surface area contributed by atoms with Crippen molar-refractivity contribution in [1.82, 2.24) is 5.43 Å². The van der Waals surface area contributed by atoms with Gasteiger partial charge < -0.3 is 15.2 Å². The lowest BCUT2D eigenvalue weighted by atomic mass is 10.1. The number of para-hydroxylation sites is 1. The fourth-order valence-corrected chi connectivity index (χ4v) is 3.03. The van der Waals surface area contributed by atoms with E-state index in [-0.39, 0.29) is 11.7 Å². The summed E-state index contributed by atoms with van der Waals surface area (Å²) >= 11 is 2.25. The van der Waals surface area contributed by atoms with Gasteiger partial charge in [-0.05, 0) is 71.8 Å². The molecule has 0 saturated carbocycles. The third-order valence-electron chi connectivity index (χ3n) is 3.87. The van der Waals surface area contributed by atoms with Crippen molar-refractivity contribution in [3.63, 3.8) is 0 Å². The second-order valence-corrected chi connectivity index (χ2v) is 6.94. The molecule has 1 unspecified atom stereocenters. The standard InChI is InChI=1S/C19H22IN3O3/c1-4-15(22-16-9-8-14(20)10-12(16)2)19(25)23-21-11-13-6-5-7-17(26-3)18(13)24/h5-11,15,22,24H,4H2,1-3H3,(H,23,25). The maximum absolute atomic E-state index is 12.4. The average molecular weight is 467 g/mol. The van der Waals surface area contributed by atoms with Crippen LogP contribution in [0, 0.1) is 10.5 Å². The molecule has 0 fully saturated rings. The minimum absolute atomic E-state index is 0.0207. The van der Waals surface area contributed by atoms with Crippen molar-refractivity contribution < 1.29 is 14.6 Å². The summed E-state index contributed by atoms with van der Waals surface area (Å²) in [5.41, 5.74) is 4.97. The molecule has 1 amide bonds. The molecule has 0 spiro atoms. The van der Waals surface area contributed by atoms with Gasteiger partial charge in [0, 0.05) is 14.8 Å². The van der Waals surface area contributed by atoms with E-state index in [0.717, 1.165) is 14.8 Å². The molecule has 0 heterocycles. The van der Waals surface area contributed by atoms with Crippen LogP contribution >= 0.6 is 22.6 Å². The van der Waals surface area contributed by atoms with Crippen molar-refractivity contribution in [2.24, 2.45) is 5.10 Å². The normalized spacial score (nSPS) is 12.0. The van der Waals surface area contributed by atoms with E-state index in [2.05, 4.69) is 44.5 Å². The highest BCUT2D eigenvalue weighted by atomic mass is 127. The Kier molecular flexibility index (Phi) is 7.26.